The highest BCUT2D eigenvalue weighted by molar-refractivity contribution is 6.34. The van der Waals surface area contributed by atoms with Gasteiger partial charge in [0.25, 0.3) is 0 Å². The van der Waals surface area contributed by atoms with Gasteiger partial charge in [0.2, 0.25) is 0 Å². The Balaban J connectivity index is 1.80. The van der Waals surface area contributed by atoms with Crippen molar-refractivity contribution in [2.75, 3.05) is 0 Å². The Bertz CT molecular complexity index is 1750. The molecule has 0 aliphatic heterocycles. The number of benzene rings is 2. The Kier molecular flexibility index (Phi) is 8.52. The minimum Gasteiger partial charge on any atom is -0.262 e. The summed E-state index contributed by atoms with van der Waals surface area (Å²) in [7, 11) is 1.93. The number of rotatable bonds is 5. The summed E-state index contributed by atoms with van der Waals surface area (Å²) in [6.07, 6.45) is -10.1. The van der Waals surface area contributed by atoms with E-state index in [1.165, 1.54) is 0 Å². The SMILES string of the molecule is Cn1nc(-c2cc(CC(C#N)c3cc(-c4nn(C)c(C(F)(F)F)c4Cl)c(F)cc3Cl)c(Cl)cc2F)c(Cl)c1C(F)(F)F. The molecule has 0 radical (unpaired) electrons. The first-order valence-electron chi connectivity index (χ1n) is 11.3. The van der Waals surface area contributed by atoms with Crippen molar-refractivity contribution in [1.29, 1.82) is 5.26 Å². The van der Waals surface area contributed by atoms with Crippen LogP contribution in [0.25, 0.3) is 22.5 Å². The number of hydrogen-bond acceptors (Lipinski definition) is 3. The second-order valence-corrected chi connectivity index (χ2v) is 10.5. The lowest BCUT2D eigenvalue weighted by molar-refractivity contribution is -0.144. The van der Waals surface area contributed by atoms with Gasteiger partial charge in [-0.3, -0.25) is 9.36 Å². The van der Waals surface area contributed by atoms with Crippen LogP contribution in [0.4, 0.5) is 35.1 Å². The molecule has 1 unspecified atom stereocenters. The van der Waals surface area contributed by atoms with Gasteiger partial charge in [-0.25, -0.2) is 8.78 Å². The molecule has 4 rings (SSSR count). The quantitative estimate of drug-likeness (QED) is 0.198. The Morgan fingerprint density at radius 2 is 1.19 bits per heavy atom. The number of halogens is 12. The molecule has 0 spiro atoms. The van der Waals surface area contributed by atoms with Crippen molar-refractivity contribution in [1.82, 2.24) is 19.6 Å². The van der Waals surface area contributed by atoms with E-state index in [4.69, 9.17) is 46.4 Å². The van der Waals surface area contributed by atoms with Crippen molar-refractivity contribution in [3.63, 3.8) is 0 Å². The van der Waals surface area contributed by atoms with Crippen molar-refractivity contribution >= 4 is 46.4 Å². The number of nitriles is 1. The van der Waals surface area contributed by atoms with E-state index in [2.05, 4.69) is 10.2 Å². The van der Waals surface area contributed by atoms with Crippen LogP contribution in [0.2, 0.25) is 20.1 Å². The van der Waals surface area contributed by atoms with E-state index < -0.39 is 73.9 Å². The summed E-state index contributed by atoms with van der Waals surface area (Å²) in [5.74, 6) is -3.40. The highest BCUT2D eigenvalue weighted by Gasteiger charge is 2.40. The first kappa shape index (κ1) is 31.9. The van der Waals surface area contributed by atoms with Crippen molar-refractivity contribution < 1.29 is 35.1 Å². The van der Waals surface area contributed by atoms with Crippen LogP contribution in [0, 0.1) is 23.0 Å². The largest absolute Gasteiger partial charge is 0.434 e. The van der Waals surface area contributed by atoms with Crippen LogP contribution in [-0.2, 0) is 32.9 Å². The first-order chi connectivity index (χ1) is 19.4. The van der Waals surface area contributed by atoms with Gasteiger partial charge in [0.05, 0.1) is 22.0 Å². The number of nitrogens with zero attached hydrogens (tertiary/aromatic N) is 5. The van der Waals surface area contributed by atoms with Crippen LogP contribution >= 0.6 is 46.4 Å². The first-order valence-corrected chi connectivity index (χ1v) is 12.8. The molecule has 0 fully saturated rings. The highest BCUT2D eigenvalue weighted by atomic mass is 35.5. The number of alkyl halides is 6. The maximum Gasteiger partial charge on any atom is 0.434 e. The van der Waals surface area contributed by atoms with Crippen molar-refractivity contribution in [3.8, 4) is 28.6 Å². The van der Waals surface area contributed by atoms with Gasteiger partial charge in [-0.1, -0.05) is 46.4 Å². The Hall–Kier alpha value is -3.05. The zero-order chi connectivity index (χ0) is 31.5. The monoisotopic (exact) mass is 675 g/mol. The minimum absolute atomic E-state index is 0.0482. The molecule has 222 valence electrons. The normalized spacial score (nSPS) is 13.0. The lowest BCUT2D eigenvalue weighted by atomic mass is 9.90. The summed E-state index contributed by atoms with van der Waals surface area (Å²) in [6, 6.07) is 5.53. The molecule has 0 aliphatic carbocycles. The molecule has 1 atom stereocenters. The smallest absolute Gasteiger partial charge is 0.262 e. The van der Waals surface area contributed by atoms with Gasteiger partial charge >= 0.3 is 12.4 Å². The van der Waals surface area contributed by atoms with Crippen LogP contribution in [0.15, 0.2) is 24.3 Å². The zero-order valence-corrected chi connectivity index (χ0v) is 23.9. The van der Waals surface area contributed by atoms with Crippen LogP contribution in [0.3, 0.4) is 0 Å². The number of aryl methyl sites for hydroxylation is 2. The van der Waals surface area contributed by atoms with Gasteiger partial charge in [0.1, 0.15) is 23.0 Å². The van der Waals surface area contributed by atoms with Crippen molar-refractivity contribution in [2.45, 2.75) is 24.7 Å². The van der Waals surface area contributed by atoms with E-state index in [-0.39, 0.29) is 27.6 Å². The standard InChI is InChI=1S/C25H13Cl4F8N5/c1-41-22(24(32,33)34)18(28)20(39-41)12-4-9(14(26)6-16(12)30)3-10(8-38)11-5-13(17(31)7-15(11)27)21-19(29)23(25(35,36)37)42(2)40-21/h4-7,10H,3H2,1-2H3. The predicted octanol–water partition coefficient (Wildman–Crippen LogP) is 9.27. The van der Waals surface area contributed by atoms with Gasteiger partial charge in [0.15, 0.2) is 11.4 Å². The average Bonchev–Trinajstić information content (AvgIpc) is 3.32. The van der Waals surface area contributed by atoms with Crippen LogP contribution in [0.5, 0.6) is 0 Å². The lowest BCUT2D eigenvalue weighted by Crippen LogP contribution is -2.12. The van der Waals surface area contributed by atoms with E-state index in [1.807, 2.05) is 6.07 Å². The summed E-state index contributed by atoms with van der Waals surface area (Å²) >= 11 is 24.2. The van der Waals surface area contributed by atoms with E-state index in [9.17, 15) is 40.4 Å². The van der Waals surface area contributed by atoms with E-state index >= 15 is 0 Å². The maximum atomic E-state index is 14.9. The van der Waals surface area contributed by atoms with Crippen LogP contribution in [-0.4, -0.2) is 19.6 Å². The molecule has 0 aliphatic rings. The van der Waals surface area contributed by atoms with E-state index in [1.54, 1.807) is 0 Å². The van der Waals surface area contributed by atoms with Gasteiger partial charge in [-0.15, -0.1) is 0 Å². The fraction of sp³-hybridized carbons (Fsp3) is 0.240. The fourth-order valence-corrected chi connectivity index (χ4v) is 5.59. The van der Waals surface area contributed by atoms with Crippen molar-refractivity contribution in [3.05, 3.63) is 78.5 Å². The minimum atomic E-state index is -4.91. The van der Waals surface area contributed by atoms with Gasteiger partial charge < -0.3 is 0 Å². The molecule has 17 heteroatoms. The zero-order valence-electron chi connectivity index (χ0n) is 20.9. The second-order valence-electron chi connectivity index (χ2n) is 8.93. The molecule has 0 saturated carbocycles. The number of hydrogen-bond donors (Lipinski definition) is 0. The third kappa shape index (κ3) is 5.77. The summed E-state index contributed by atoms with van der Waals surface area (Å²) in [6.45, 7) is 0. The topological polar surface area (TPSA) is 59.4 Å². The number of aromatic nitrogens is 4. The summed E-state index contributed by atoms with van der Waals surface area (Å²) in [5, 5.41) is 15.0. The van der Waals surface area contributed by atoms with Gasteiger partial charge in [0, 0.05) is 35.3 Å². The average molecular weight is 677 g/mol. The molecule has 5 nitrogen and oxygen atoms in total. The van der Waals surface area contributed by atoms with Crippen molar-refractivity contribution in [2.24, 2.45) is 14.1 Å². The summed E-state index contributed by atoms with van der Waals surface area (Å²) in [4.78, 5) is 0. The second kappa shape index (κ2) is 11.2. The summed E-state index contributed by atoms with van der Waals surface area (Å²) < 4.78 is 111. The highest BCUT2D eigenvalue weighted by Crippen LogP contribution is 2.44. The fourth-order valence-electron chi connectivity index (χ4n) is 4.35. The molecule has 2 aromatic heterocycles. The third-order valence-electron chi connectivity index (χ3n) is 6.20. The van der Waals surface area contributed by atoms with Crippen LogP contribution < -0.4 is 0 Å². The van der Waals surface area contributed by atoms with Gasteiger partial charge in [-0.2, -0.15) is 41.8 Å². The molecule has 2 aromatic carbocycles. The third-order valence-corrected chi connectivity index (χ3v) is 7.60. The molecular weight excluding hydrogens is 664 g/mol. The molecule has 0 N–H and O–H groups in total. The molecule has 0 saturated heterocycles. The molecule has 2 heterocycles. The van der Waals surface area contributed by atoms with E-state index in [0.29, 0.717) is 9.36 Å². The molecular formula is C25H13Cl4F8N5. The van der Waals surface area contributed by atoms with Crippen LogP contribution in [0.1, 0.15) is 28.4 Å². The Labute approximate surface area is 251 Å². The molecule has 4 aromatic rings. The molecule has 42 heavy (non-hydrogen) atoms. The summed E-state index contributed by atoms with van der Waals surface area (Å²) in [5.41, 5.74) is -4.72. The lowest BCUT2D eigenvalue weighted by Gasteiger charge is -2.16. The van der Waals surface area contributed by atoms with E-state index in [0.717, 1.165) is 38.4 Å². The molecule has 0 amide bonds. The Morgan fingerprint density at radius 1 is 0.762 bits per heavy atom. The predicted molar refractivity (Wildman–Crippen MR) is 139 cm³/mol. The molecule has 0 bridgehead atoms. The Morgan fingerprint density at radius 3 is 1.60 bits per heavy atom. The van der Waals surface area contributed by atoms with Gasteiger partial charge in [-0.05, 0) is 41.8 Å². The maximum absolute atomic E-state index is 14.9.